The van der Waals surface area contributed by atoms with Gasteiger partial charge in [0.25, 0.3) is 5.91 Å². The molecule has 1 N–H and O–H groups in total. The third-order valence-electron chi connectivity index (χ3n) is 4.71. The minimum Gasteiger partial charge on any atom is -0.272 e. The number of aryl methyl sites for hydroxylation is 1. The molecule has 3 aromatic rings. The van der Waals surface area contributed by atoms with Crippen molar-refractivity contribution in [2.45, 2.75) is 18.4 Å². The zero-order valence-electron chi connectivity index (χ0n) is 17.8. The monoisotopic (exact) mass is 557 g/mol. The van der Waals surface area contributed by atoms with Crippen molar-refractivity contribution in [3.05, 3.63) is 97.4 Å². The predicted molar refractivity (Wildman–Crippen MR) is 137 cm³/mol. The van der Waals surface area contributed by atoms with Crippen LogP contribution in [0, 0.1) is 6.92 Å². The maximum atomic E-state index is 13.3. The molecule has 0 aliphatic rings. The van der Waals surface area contributed by atoms with Gasteiger partial charge in [0.15, 0.2) is 0 Å². The fraction of sp³-hybridized carbons (Fsp3) is 0.130. The standard InChI is InChI=1S/C23H19Cl4N3O3S/c1-15-5-9-19(10-6-15)34(32,33)30(13-17-7-8-18(24)11-21(17)26)14-22(31)29-28-12-16-3-2-4-20(25)23(16)27/h2-12H,13-14H2,1H3,(H,29,31)/b28-12-. The summed E-state index contributed by atoms with van der Waals surface area (Å²) in [6, 6.07) is 16.0. The van der Waals surface area contributed by atoms with E-state index in [1.807, 2.05) is 6.92 Å². The molecule has 6 nitrogen and oxygen atoms in total. The van der Waals surface area contributed by atoms with Crippen LogP contribution in [0.5, 0.6) is 0 Å². The highest BCUT2D eigenvalue weighted by molar-refractivity contribution is 7.89. The molecule has 3 rings (SSSR count). The lowest BCUT2D eigenvalue weighted by Crippen LogP contribution is -2.39. The largest absolute Gasteiger partial charge is 0.272 e. The second-order valence-electron chi connectivity index (χ2n) is 7.26. The van der Waals surface area contributed by atoms with Gasteiger partial charge in [-0.15, -0.1) is 0 Å². The molecule has 0 spiro atoms. The first-order valence-corrected chi connectivity index (χ1v) is 12.8. The van der Waals surface area contributed by atoms with Gasteiger partial charge < -0.3 is 0 Å². The number of nitrogens with zero attached hydrogens (tertiary/aromatic N) is 2. The molecule has 0 heterocycles. The van der Waals surface area contributed by atoms with Crippen molar-refractivity contribution in [1.82, 2.24) is 9.73 Å². The normalized spacial score (nSPS) is 11.8. The van der Waals surface area contributed by atoms with Gasteiger partial charge in [0, 0.05) is 22.2 Å². The summed E-state index contributed by atoms with van der Waals surface area (Å²) in [6.45, 7) is 1.19. The van der Waals surface area contributed by atoms with E-state index >= 15 is 0 Å². The number of benzene rings is 3. The molecule has 11 heteroatoms. The lowest BCUT2D eigenvalue weighted by Gasteiger charge is -2.22. The summed E-state index contributed by atoms with van der Waals surface area (Å²) >= 11 is 24.3. The van der Waals surface area contributed by atoms with E-state index in [1.165, 1.54) is 24.4 Å². The summed E-state index contributed by atoms with van der Waals surface area (Å²) in [6.07, 6.45) is 1.32. The van der Waals surface area contributed by atoms with E-state index in [9.17, 15) is 13.2 Å². The van der Waals surface area contributed by atoms with Crippen LogP contribution in [0.4, 0.5) is 0 Å². The van der Waals surface area contributed by atoms with Crippen LogP contribution >= 0.6 is 46.4 Å². The van der Waals surface area contributed by atoms with Crippen molar-refractivity contribution in [1.29, 1.82) is 0 Å². The van der Waals surface area contributed by atoms with Crippen molar-refractivity contribution in [3.63, 3.8) is 0 Å². The summed E-state index contributed by atoms with van der Waals surface area (Å²) in [7, 11) is -4.04. The van der Waals surface area contributed by atoms with Crippen molar-refractivity contribution >= 4 is 68.5 Å². The average Bonchev–Trinajstić information content (AvgIpc) is 2.78. The SMILES string of the molecule is Cc1ccc(S(=O)(=O)N(CC(=O)N/N=C\c2cccc(Cl)c2Cl)Cc2ccc(Cl)cc2Cl)cc1. The summed E-state index contributed by atoms with van der Waals surface area (Å²) in [5.74, 6) is -0.657. The lowest BCUT2D eigenvalue weighted by atomic mass is 10.2. The molecule has 0 unspecified atom stereocenters. The van der Waals surface area contributed by atoms with Crippen molar-refractivity contribution in [2.24, 2.45) is 5.10 Å². The molecular formula is C23H19Cl4N3O3S. The van der Waals surface area contributed by atoms with Gasteiger partial charge in [0.1, 0.15) is 0 Å². The number of carbonyl (C=O) groups is 1. The number of carbonyl (C=O) groups excluding carboxylic acids is 1. The number of halogens is 4. The summed E-state index contributed by atoms with van der Waals surface area (Å²) in [5.41, 5.74) is 4.20. The minimum atomic E-state index is -4.04. The van der Waals surface area contributed by atoms with E-state index in [1.54, 1.807) is 42.5 Å². The molecule has 1 amide bonds. The van der Waals surface area contributed by atoms with E-state index in [2.05, 4.69) is 10.5 Å². The van der Waals surface area contributed by atoms with Gasteiger partial charge in [-0.05, 0) is 42.8 Å². The zero-order valence-corrected chi connectivity index (χ0v) is 21.6. The molecule has 0 bridgehead atoms. The number of nitrogens with one attached hydrogen (secondary N) is 1. The number of sulfonamides is 1. The van der Waals surface area contributed by atoms with E-state index in [-0.39, 0.29) is 21.5 Å². The van der Waals surface area contributed by atoms with Crippen LogP contribution in [-0.4, -0.2) is 31.4 Å². The van der Waals surface area contributed by atoms with Gasteiger partial charge in [-0.2, -0.15) is 9.41 Å². The molecular weight excluding hydrogens is 540 g/mol. The summed E-state index contributed by atoms with van der Waals surface area (Å²) < 4.78 is 27.7. The number of amides is 1. The zero-order chi connectivity index (χ0) is 24.9. The second-order valence-corrected chi connectivity index (χ2v) is 10.8. The van der Waals surface area contributed by atoms with Crippen molar-refractivity contribution in [2.75, 3.05) is 6.54 Å². The second kappa shape index (κ2) is 11.5. The topological polar surface area (TPSA) is 78.8 Å². The Kier molecular flexibility index (Phi) is 8.98. The highest BCUT2D eigenvalue weighted by atomic mass is 35.5. The molecule has 0 aromatic heterocycles. The Morgan fingerprint density at radius 2 is 1.71 bits per heavy atom. The van der Waals surface area contributed by atoms with Crippen LogP contribution in [0.2, 0.25) is 20.1 Å². The Hall–Kier alpha value is -2.13. The molecule has 34 heavy (non-hydrogen) atoms. The van der Waals surface area contributed by atoms with E-state index < -0.39 is 22.5 Å². The van der Waals surface area contributed by atoms with Crippen LogP contribution < -0.4 is 5.43 Å². The van der Waals surface area contributed by atoms with E-state index in [0.717, 1.165) is 9.87 Å². The molecule has 0 atom stereocenters. The minimum absolute atomic E-state index is 0.0465. The Morgan fingerprint density at radius 1 is 1.00 bits per heavy atom. The first-order chi connectivity index (χ1) is 16.1. The third-order valence-corrected chi connectivity index (χ3v) is 7.94. The molecule has 3 aromatic carbocycles. The van der Waals surface area contributed by atoms with Gasteiger partial charge in [-0.1, -0.05) is 82.3 Å². The van der Waals surface area contributed by atoms with E-state index in [4.69, 9.17) is 46.4 Å². The molecule has 0 saturated carbocycles. The Morgan fingerprint density at radius 3 is 2.38 bits per heavy atom. The predicted octanol–water partition coefficient (Wildman–Crippen LogP) is 5.95. The number of hydrogen-bond donors (Lipinski definition) is 1. The Bertz CT molecular complexity index is 1330. The molecule has 0 aliphatic carbocycles. The maximum absolute atomic E-state index is 13.3. The molecule has 0 radical (unpaired) electrons. The fourth-order valence-electron chi connectivity index (χ4n) is 2.91. The first-order valence-electron chi connectivity index (χ1n) is 9.84. The van der Waals surface area contributed by atoms with Crippen LogP contribution in [0.15, 0.2) is 70.7 Å². The smallest absolute Gasteiger partial charge is 0.255 e. The fourth-order valence-corrected chi connectivity index (χ4v) is 5.11. The molecule has 178 valence electrons. The summed E-state index contributed by atoms with van der Waals surface area (Å²) in [5, 5.41) is 5.18. The third kappa shape index (κ3) is 6.72. The van der Waals surface area contributed by atoms with Gasteiger partial charge in [-0.25, -0.2) is 13.8 Å². The van der Waals surface area contributed by atoms with Crippen molar-refractivity contribution in [3.8, 4) is 0 Å². The van der Waals surface area contributed by atoms with Crippen LogP contribution in [0.3, 0.4) is 0 Å². The van der Waals surface area contributed by atoms with Crippen LogP contribution in [0.1, 0.15) is 16.7 Å². The highest BCUT2D eigenvalue weighted by Gasteiger charge is 2.27. The molecule has 0 saturated heterocycles. The van der Waals surface area contributed by atoms with Gasteiger partial charge in [0.2, 0.25) is 10.0 Å². The number of hydrogen-bond acceptors (Lipinski definition) is 4. The van der Waals surface area contributed by atoms with Gasteiger partial charge in [0.05, 0.1) is 27.7 Å². The lowest BCUT2D eigenvalue weighted by molar-refractivity contribution is -0.121. The molecule has 0 aliphatic heterocycles. The summed E-state index contributed by atoms with van der Waals surface area (Å²) in [4.78, 5) is 12.7. The highest BCUT2D eigenvalue weighted by Crippen LogP contribution is 2.26. The number of hydrazone groups is 1. The van der Waals surface area contributed by atoms with Gasteiger partial charge in [-0.3, -0.25) is 4.79 Å². The van der Waals surface area contributed by atoms with E-state index in [0.29, 0.717) is 21.2 Å². The average molecular weight is 559 g/mol. The number of rotatable bonds is 8. The van der Waals surface area contributed by atoms with Gasteiger partial charge >= 0.3 is 0 Å². The first kappa shape index (κ1) is 26.5. The Balaban J connectivity index is 1.84. The van der Waals surface area contributed by atoms with Crippen LogP contribution in [-0.2, 0) is 21.4 Å². The quantitative estimate of drug-likeness (QED) is 0.274. The Labute approximate surface area is 218 Å². The van der Waals surface area contributed by atoms with Crippen LogP contribution in [0.25, 0.3) is 0 Å². The maximum Gasteiger partial charge on any atom is 0.255 e. The van der Waals surface area contributed by atoms with Crippen molar-refractivity contribution < 1.29 is 13.2 Å². The molecule has 0 fully saturated rings.